The molecule has 0 aliphatic heterocycles. The Bertz CT molecular complexity index is 565. The highest BCUT2D eigenvalue weighted by molar-refractivity contribution is 5.31. The van der Waals surface area contributed by atoms with Crippen molar-refractivity contribution in [1.29, 1.82) is 0 Å². The molecule has 3 N–H and O–H groups in total. The van der Waals surface area contributed by atoms with E-state index in [2.05, 4.69) is 0 Å². The Morgan fingerprint density at radius 1 is 1.00 bits per heavy atom. The Labute approximate surface area is 116 Å². The highest BCUT2D eigenvalue weighted by Crippen LogP contribution is 2.28. The Morgan fingerprint density at radius 3 is 2.20 bits per heavy atom. The van der Waals surface area contributed by atoms with Gasteiger partial charge in [-0.05, 0) is 35.7 Å². The molecular formula is C16H17F2NO. The van der Waals surface area contributed by atoms with Gasteiger partial charge in [-0.15, -0.1) is 0 Å². The maximum Gasteiger partial charge on any atom is 0.126 e. The van der Waals surface area contributed by atoms with E-state index in [1.54, 1.807) is 30.3 Å². The van der Waals surface area contributed by atoms with Crippen LogP contribution in [-0.2, 0) is 11.8 Å². The van der Waals surface area contributed by atoms with E-state index in [4.69, 9.17) is 5.73 Å². The van der Waals surface area contributed by atoms with Crippen molar-refractivity contribution in [2.75, 3.05) is 13.2 Å². The van der Waals surface area contributed by atoms with E-state index < -0.39 is 5.41 Å². The smallest absolute Gasteiger partial charge is 0.126 e. The second-order valence-corrected chi connectivity index (χ2v) is 4.92. The molecule has 0 amide bonds. The molecule has 0 aromatic heterocycles. The summed E-state index contributed by atoms with van der Waals surface area (Å²) in [5, 5.41) is 9.76. The Balaban J connectivity index is 2.39. The van der Waals surface area contributed by atoms with Crippen LogP contribution in [0, 0.1) is 11.6 Å². The molecule has 0 bridgehead atoms. The van der Waals surface area contributed by atoms with Crippen molar-refractivity contribution in [3.63, 3.8) is 0 Å². The number of nitrogens with two attached hydrogens (primary N) is 1. The maximum atomic E-state index is 13.8. The van der Waals surface area contributed by atoms with Crippen molar-refractivity contribution in [3.8, 4) is 0 Å². The van der Waals surface area contributed by atoms with Gasteiger partial charge < -0.3 is 10.8 Å². The van der Waals surface area contributed by atoms with Gasteiger partial charge in [0, 0.05) is 12.0 Å². The molecule has 106 valence electrons. The summed E-state index contributed by atoms with van der Waals surface area (Å²) in [6, 6.07) is 12.2. The number of halogens is 2. The molecule has 0 spiro atoms. The molecule has 2 rings (SSSR count). The summed E-state index contributed by atoms with van der Waals surface area (Å²) in [7, 11) is 0. The lowest BCUT2D eigenvalue weighted by atomic mass is 9.76. The summed E-state index contributed by atoms with van der Waals surface area (Å²) in [4.78, 5) is 0. The van der Waals surface area contributed by atoms with Gasteiger partial charge >= 0.3 is 0 Å². The van der Waals surface area contributed by atoms with Gasteiger partial charge in [0.1, 0.15) is 11.6 Å². The topological polar surface area (TPSA) is 46.2 Å². The van der Waals surface area contributed by atoms with Crippen LogP contribution < -0.4 is 5.73 Å². The van der Waals surface area contributed by atoms with Gasteiger partial charge in [0.15, 0.2) is 0 Å². The molecule has 20 heavy (non-hydrogen) atoms. The summed E-state index contributed by atoms with van der Waals surface area (Å²) < 4.78 is 26.8. The maximum absolute atomic E-state index is 13.8. The highest BCUT2D eigenvalue weighted by atomic mass is 19.1. The fourth-order valence-corrected chi connectivity index (χ4v) is 2.31. The Kier molecular flexibility index (Phi) is 4.47. The van der Waals surface area contributed by atoms with Gasteiger partial charge in [-0.2, -0.15) is 0 Å². The lowest BCUT2D eigenvalue weighted by Crippen LogP contribution is -2.41. The molecule has 0 saturated heterocycles. The summed E-state index contributed by atoms with van der Waals surface area (Å²) in [6.45, 7) is -0.0903. The van der Waals surface area contributed by atoms with E-state index in [1.165, 1.54) is 18.2 Å². The third-order valence-electron chi connectivity index (χ3n) is 3.64. The van der Waals surface area contributed by atoms with Crippen LogP contribution >= 0.6 is 0 Å². The van der Waals surface area contributed by atoms with Crippen LogP contribution in [0.5, 0.6) is 0 Å². The zero-order valence-corrected chi connectivity index (χ0v) is 11.0. The Morgan fingerprint density at radius 2 is 1.65 bits per heavy atom. The zero-order valence-electron chi connectivity index (χ0n) is 11.0. The predicted octanol–water partition coefficient (Wildman–Crippen LogP) is 2.40. The van der Waals surface area contributed by atoms with Gasteiger partial charge in [-0.1, -0.05) is 30.3 Å². The van der Waals surface area contributed by atoms with Gasteiger partial charge in [-0.25, -0.2) is 8.78 Å². The minimum Gasteiger partial charge on any atom is -0.395 e. The molecule has 2 aromatic carbocycles. The van der Waals surface area contributed by atoms with Crippen LogP contribution in [0.3, 0.4) is 0 Å². The lowest BCUT2D eigenvalue weighted by molar-refractivity contribution is 0.195. The van der Waals surface area contributed by atoms with E-state index in [9.17, 15) is 13.9 Å². The first-order chi connectivity index (χ1) is 9.61. The molecule has 0 radical (unpaired) electrons. The molecule has 2 aromatic rings. The second kappa shape index (κ2) is 6.11. The molecule has 0 fully saturated rings. The van der Waals surface area contributed by atoms with Crippen molar-refractivity contribution < 1.29 is 13.9 Å². The SMILES string of the molecule is NCC(CO)(Cc1ccccc1F)c1ccc(F)cc1. The van der Waals surface area contributed by atoms with Gasteiger partial charge in [0.2, 0.25) is 0 Å². The highest BCUT2D eigenvalue weighted by Gasteiger charge is 2.31. The average molecular weight is 277 g/mol. The van der Waals surface area contributed by atoms with Crippen LogP contribution in [0.1, 0.15) is 11.1 Å². The number of aliphatic hydroxyl groups is 1. The first kappa shape index (κ1) is 14.6. The fourth-order valence-electron chi connectivity index (χ4n) is 2.31. The fraction of sp³-hybridized carbons (Fsp3) is 0.250. The van der Waals surface area contributed by atoms with Gasteiger partial charge in [0.25, 0.3) is 0 Å². The molecule has 4 heteroatoms. The van der Waals surface area contributed by atoms with Crippen molar-refractivity contribution in [2.45, 2.75) is 11.8 Å². The molecule has 0 saturated carbocycles. The van der Waals surface area contributed by atoms with Crippen molar-refractivity contribution in [3.05, 3.63) is 71.3 Å². The molecule has 0 heterocycles. The monoisotopic (exact) mass is 277 g/mol. The second-order valence-electron chi connectivity index (χ2n) is 4.92. The molecular weight excluding hydrogens is 260 g/mol. The molecule has 0 aliphatic carbocycles. The van der Waals surface area contributed by atoms with Crippen LogP contribution in [0.25, 0.3) is 0 Å². The summed E-state index contributed by atoms with van der Waals surface area (Å²) in [6.07, 6.45) is 0.262. The van der Waals surface area contributed by atoms with Crippen LogP contribution in [-0.4, -0.2) is 18.3 Å². The first-order valence-corrected chi connectivity index (χ1v) is 6.42. The zero-order chi connectivity index (χ0) is 14.6. The summed E-state index contributed by atoms with van der Waals surface area (Å²) >= 11 is 0. The van der Waals surface area contributed by atoms with E-state index in [-0.39, 0.29) is 31.2 Å². The lowest BCUT2D eigenvalue weighted by Gasteiger charge is -2.31. The summed E-state index contributed by atoms with van der Waals surface area (Å²) in [5.74, 6) is -0.690. The molecule has 1 atom stereocenters. The van der Waals surface area contributed by atoms with E-state index in [0.29, 0.717) is 11.1 Å². The summed E-state index contributed by atoms with van der Waals surface area (Å²) in [5.41, 5.74) is 6.18. The van der Waals surface area contributed by atoms with E-state index in [1.807, 2.05) is 0 Å². The van der Waals surface area contributed by atoms with Crippen LogP contribution in [0.4, 0.5) is 8.78 Å². The largest absolute Gasteiger partial charge is 0.395 e. The third kappa shape index (κ3) is 2.86. The molecule has 1 unspecified atom stereocenters. The Hall–Kier alpha value is -1.78. The van der Waals surface area contributed by atoms with Gasteiger partial charge in [0.05, 0.1) is 6.61 Å². The minimum absolute atomic E-state index is 0.142. The predicted molar refractivity (Wildman–Crippen MR) is 74.3 cm³/mol. The quantitative estimate of drug-likeness (QED) is 0.881. The van der Waals surface area contributed by atoms with Gasteiger partial charge in [-0.3, -0.25) is 0 Å². The van der Waals surface area contributed by atoms with Crippen molar-refractivity contribution in [1.82, 2.24) is 0 Å². The standard InChI is InChI=1S/C16H17F2NO/c17-14-7-5-13(6-8-14)16(10-19,11-20)9-12-3-1-2-4-15(12)18/h1-8,20H,9-11,19H2. The average Bonchev–Trinajstić information content (AvgIpc) is 2.48. The number of benzene rings is 2. The van der Waals surface area contributed by atoms with E-state index >= 15 is 0 Å². The number of rotatable bonds is 5. The van der Waals surface area contributed by atoms with Crippen LogP contribution in [0.15, 0.2) is 48.5 Å². The van der Waals surface area contributed by atoms with E-state index in [0.717, 1.165) is 0 Å². The normalized spacial score (nSPS) is 14.0. The minimum atomic E-state index is -0.810. The van der Waals surface area contributed by atoms with Crippen molar-refractivity contribution >= 4 is 0 Å². The molecule has 0 aliphatic rings. The number of hydrogen-bond donors (Lipinski definition) is 2. The molecule has 2 nitrogen and oxygen atoms in total. The number of hydrogen-bond acceptors (Lipinski definition) is 2. The number of aliphatic hydroxyl groups excluding tert-OH is 1. The van der Waals surface area contributed by atoms with Crippen molar-refractivity contribution in [2.24, 2.45) is 5.73 Å². The first-order valence-electron chi connectivity index (χ1n) is 6.42. The van der Waals surface area contributed by atoms with Crippen LogP contribution in [0.2, 0.25) is 0 Å². The third-order valence-corrected chi connectivity index (χ3v) is 3.64.